The largest absolute Gasteiger partial charge is 0.508 e. The van der Waals surface area contributed by atoms with Crippen molar-refractivity contribution >= 4 is 15.9 Å². The fraction of sp³-hybridized carbons (Fsp3) is 0.294. The van der Waals surface area contributed by atoms with Crippen LogP contribution in [0.15, 0.2) is 46.9 Å². The maximum absolute atomic E-state index is 10.0. The lowest BCUT2D eigenvalue weighted by molar-refractivity contribution is 0.405. The number of benzene rings is 2. The van der Waals surface area contributed by atoms with Gasteiger partial charge >= 0.3 is 0 Å². The minimum absolute atomic E-state index is 0.00841. The molecule has 3 nitrogen and oxygen atoms in total. The Kier molecular flexibility index (Phi) is 5.26. The lowest BCUT2D eigenvalue weighted by Gasteiger charge is -2.22. The van der Waals surface area contributed by atoms with Crippen LogP contribution in [0.5, 0.6) is 11.5 Å². The number of nitrogens with one attached hydrogen (secondary N) is 1. The molecule has 2 aromatic rings. The van der Waals surface area contributed by atoms with E-state index in [1.807, 2.05) is 25.1 Å². The van der Waals surface area contributed by atoms with Crippen molar-refractivity contribution in [1.29, 1.82) is 0 Å². The first-order valence-corrected chi connectivity index (χ1v) is 7.69. The van der Waals surface area contributed by atoms with Gasteiger partial charge in [-0.25, -0.2) is 0 Å². The molecule has 2 unspecified atom stereocenters. The van der Waals surface area contributed by atoms with Crippen LogP contribution in [0.1, 0.15) is 37.1 Å². The molecule has 112 valence electrons. The minimum Gasteiger partial charge on any atom is -0.508 e. The molecule has 2 aromatic carbocycles. The fourth-order valence-corrected chi connectivity index (χ4v) is 2.76. The molecule has 0 fully saturated rings. The molecule has 0 amide bonds. The van der Waals surface area contributed by atoms with E-state index in [2.05, 4.69) is 40.3 Å². The highest BCUT2D eigenvalue weighted by molar-refractivity contribution is 9.10. The van der Waals surface area contributed by atoms with Crippen molar-refractivity contribution in [1.82, 2.24) is 5.32 Å². The number of methoxy groups -OCH3 is 1. The summed E-state index contributed by atoms with van der Waals surface area (Å²) in [6, 6.07) is 13.7. The lowest BCUT2D eigenvalue weighted by atomic mass is 10.0. The van der Waals surface area contributed by atoms with Crippen LogP contribution in [0.4, 0.5) is 0 Å². The molecule has 2 N–H and O–H groups in total. The van der Waals surface area contributed by atoms with E-state index in [-0.39, 0.29) is 17.8 Å². The molecule has 0 saturated carbocycles. The number of aromatic hydroxyl groups is 1. The van der Waals surface area contributed by atoms with Crippen molar-refractivity contribution in [3.63, 3.8) is 0 Å². The zero-order chi connectivity index (χ0) is 15.4. The third kappa shape index (κ3) is 3.99. The van der Waals surface area contributed by atoms with E-state index < -0.39 is 0 Å². The van der Waals surface area contributed by atoms with E-state index in [9.17, 15) is 5.11 Å². The quantitative estimate of drug-likeness (QED) is 0.830. The van der Waals surface area contributed by atoms with Crippen molar-refractivity contribution in [2.45, 2.75) is 25.9 Å². The van der Waals surface area contributed by atoms with Crippen LogP contribution >= 0.6 is 15.9 Å². The second-order valence-electron chi connectivity index (χ2n) is 5.09. The van der Waals surface area contributed by atoms with Gasteiger partial charge < -0.3 is 15.2 Å². The van der Waals surface area contributed by atoms with Crippen LogP contribution in [0, 0.1) is 0 Å². The molecule has 0 radical (unpaired) electrons. The maximum atomic E-state index is 10.0. The predicted molar refractivity (Wildman–Crippen MR) is 88.8 cm³/mol. The molecule has 2 rings (SSSR count). The van der Waals surface area contributed by atoms with Crippen LogP contribution in [0.2, 0.25) is 0 Å². The van der Waals surface area contributed by atoms with Gasteiger partial charge in [0.05, 0.1) is 7.11 Å². The Morgan fingerprint density at radius 3 is 2.52 bits per heavy atom. The van der Waals surface area contributed by atoms with Crippen molar-refractivity contribution in [2.24, 2.45) is 0 Å². The number of phenols is 1. The second-order valence-corrected chi connectivity index (χ2v) is 6.01. The number of phenolic OH excluding ortho intramolecular Hbond substituents is 1. The van der Waals surface area contributed by atoms with E-state index >= 15 is 0 Å². The third-order valence-electron chi connectivity index (χ3n) is 3.55. The predicted octanol–water partition coefficient (Wildman–Crippen LogP) is 4.58. The normalized spacial score (nSPS) is 13.7. The molecule has 0 aliphatic heterocycles. The number of hydrogen-bond donors (Lipinski definition) is 2. The molecule has 0 aromatic heterocycles. The molecule has 2 atom stereocenters. The summed E-state index contributed by atoms with van der Waals surface area (Å²) >= 11 is 3.49. The first-order valence-electron chi connectivity index (χ1n) is 6.89. The highest BCUT2D eigenvalue weighted by atomic mass is 79.9. The van der Waals surface area contributed by atoms with Gasteiger partial charge in [-0.2, -0.15) is 0 Å². The van der Waals surface area contributed by atoms with Gasteiger partial charge in [-0.1, -0.05) is 28.1 Å². The minimum atomic E-state index is 0.00841. The van der Waals surface area contributed by atoms with Crippen molar-refractivity contribution in [2.75, 3.05) is 7.11 Å². The number of hydrogen-bond acceptors (Lipinski definition) is 3. The van der Waals surface area contributed by atoms with Gasteiger partial charge in [-0.15, -0.1) is 0 Å². The van der Waals surface area contributed by atoms with E-state index in [4.69, 9.17) is 4.74 Å². The van der Waals surface area contributed by atoms with E-state index in [0.717, 1.165) is 15.8 Å². The van der Waals surface area contributed by atoms with Gasteiger partial charge in [0.2, 0.25) is 0 Å². The summed E-state index contributed by atoms with van der Waals surface area (Å²) in [6.45, 7) is 4.14. The summed E-state index contributed by atoms with van der Waals surface area (Å²) in [5.41, 5.74) is 2.02. The Labute approximate surface area is 134 Å². The Morgan fingerprint density at radius 2 is 1.86 bits per heavy atom. The number of rotatable bonds is 5. The van der Waals surface area contributed by atoms with Crippen LogP contribution in [-0.4, -0.2) is 12.2 Å². The SMILES string of the molecule is COc1ccc(O)c(C(C)NC(C)c2cccc(Br)c2)c1. The van der Waals surface area contributed by atoms with Crippen molar-refractivity contribution < 1.29 is 9.84 Å². The molecule has 0 saturated heterocycles. The molecule has 4 heteroatoms. The molecular formula is C17H20BrNO2. The van der Waals surface area contributed by atoms with E-state index in [1.54, 1.807) is 19.2 Å². The van der Waals surface area contributed by atoms with Gasteiger partial charge in [0.1, 0.15) is 11.5 Å². The summed E-state index contributed by atoms with van der Waals surface area (Å²) in [5.74, 6) is 1.02. The summed E-state index contributed by atoms with van der Waals surface area (Å²) in [7, 11) is 1.62. The standard InChI is InChI=1S/C17H20BrNO2/c1-11(13-5-4-6-14(18)9-13)19-12(2)16-10-15(21-3)7-8-17(16)20/h4-12,19-20H,1-3H3. The van der Waals surface area contributed by atoms with Gasteiger partial charge in [-0.05, 0) is 49.7 Å². The topological polar surface area (TPSA) is 41.5 Å². The molecule has 0 aliphatic rings. The van der Waals surface area contributed by atoms with E-state index in [1.165, 1.54) is 5.56 Å². The molecule has 21 heavy (non-hydrogen) atoms. The Hall–Kier alpha value is -1.52. The first kappa shape index (κ1) is 15.9. The lowest BCUT2D eigenvalue weighted by Crippen LogP contribution is -2.22. The first-order chi connectivity index (χ1) is 10.0. The maximum Gasteiger partial charge on any atom is 0.120 e. The molecule has 0 aliphatic carbocycles. The van der Waals surface area contributed by atoms with Crippen LogP contribution in [0.3, 0.4) is 0 Å². The summed E-state index contributed by atoms with van der Waals surface area (Å²) in [4.78, 5) is 0. The van der Waals surface area contributed by atoms with Crippen LogP contribution in [0.25, 0.3) is 0 Å². The summed E-state index contributed by atoms with van der Waals surface area (Å²) < 4.78 is 6.28. The van der Waals surface area contributed by atoms with Crippen molar-refractivity contribution in [3.05, 3.63) is 58.1 Å². The Balaban J connectivity index is 2.15. The van der Waals surface area contributed by atoms with Gasteiger partial charge in [-0.3, -0.25) is 0 Å². The molecule has 0 spiro atoms. The summed E-state index contributed by atoms with van der Waals surface area (Å²) in [6.07, 6.45) is 0. The molecular weight excluding hydrogens is 330 g/mol. The smallest absolute Gasteiger partial charge is 0.120 e. The third-order valence-corrected chi connectivity index (χ3v) is 4.04. The van der Waals surface area contributed by atoms with Gasteiger partial charge in [0.15, 0.2) is 0 Å². The average molecular weight is 350 g/mol. The molecule has 0 bridgehead atoms. The fourth-order valence-electron chi connectivity index (χ4n) is 2.34. The monoisotopic (exact) mass is 349 g/mol. The summed E-state index contributed by atoms with van der Waals surface area (Å²) in [5, 5.41) is 13.5. The zero-order valence-corrected chi connectivity index (χ0v) is 14.0. The zero-order valence-electron chi connectivity index (χ0n) is 12.4. The highest BCUT2D eigenvalue weighted by Gasteiger charge is 2.15. The number of halogens is 1. The van der Waals surface area contributed by atoms with Crippen LogP contribution < -0.4 is 10.1 Å². The van der Waals surface area contributed by atoms with Gasteiger partial charge in [0, 0.05) is 22.1 Å². The second kappa shape index (κ2) is 6.96. The Bertz CT molecular complexity index is 615. The number of ether oxygens (including phenoxy) is 1. The van der Waals surface area contributed by atoms with Gasteiger partial charge in [0.25, 0.3) is 0 Å². The van der Waals surface area contributed by atoms with Crippen molar-refractivity contribution in [3.8, 4) is 11.5 Å². The Morgan fingerprint density at radius 1 is 1.10 bits per heavy atom. The molecule has 0 heterocycles. The highest BCUT2D eigenvalue weighted by Crippen LogP contribution is 2.30. The van der Waals surface area contributed by atoms with Crippen LogP contribution in [-0.2, 0) is 0 Å². The average Bonchev–Trinajstić information content (AvgIpc) is 2.47. The van der Waals surface area contributed by atoms with E-state index in [0.29, 0.717) is 0 Å².